The van der Waals surface area contributed by atoms with Crippen molar-refractivity contribution in [3.63, 3.8) is 0 Å². The summed E-state index contributed by atoms with van der Waals surface area (Å²) < 4.78 is 0. The predicted octanol–water partition coefficient (Wildman–Crippen LogP) is 4.62. The minimum atomic E-state index is -0.680. The van der Waals surface area contributed by atoms with Crippen LogP contribution in [0.15, 0.2) is 23.3 Å². The van der Waals surface area contributed by atoms with Crippen molar-refractivity contribution in [1.29, 1.82) is 0 Å². The van der Waals surface area contributed by atoms with E-state index in [4.69, 9.17) is 0 Å². The third-order valence-electron chi connectivity index (χ3n) is 5.94. The molecule has 0 aromatic heterocycles. The molecule has 2 aliphatic carbocycles. The summed E-state index contributed by atoms with van der Waals surface area (Å²) in [7, 11) is 0. The topological polar surface area (TPSA) is 40.5 Å². The Hall–Kier alpha value is -0.600. The van der Waals surface area contributed by atoms with Gasteiger partial charge in [0, 0.05) is 0 Å². The van der Waals surface area contributed by atoms with Gasteiger partial charge in [-0.2, -0.15) is 0 Å². The van der Waals surface area contributed by atoms with Crippen LogP contribution >= 0.6 is 0 Å². The molecule has 0 aliphatic heterocycles. The number of hydrogen-bond acceptors (Lipinski definition) is 2. The number of rotatable bonds is 4. The molecule has 2 rings (SSSR count). The summed E-state index contributed by atoms with van der Waals surface area (Å²) in [6, 6.07) is 0. The van der Waals surface area contributed by atoms with Crippen molar-refractivity contribution < 1.29 is 10.2 Å². The van der Waals surface area contributed by atoms with Gasteiger partial charge < -0.3 is 10.2 Å². The quantitative estimate of drug-likeness (QED) is 0.744. The van der Waals surface area contributed by atoms with Crippen LogP contribution in [0.5, 0.6) is 0 Å². The van der Waals surface area contributed by atoms with Crippen LogP contribution in [0.4, 0.5) is 0 Å². The molecule has 0 radical (unpaired) electrons. The van der Waals surface area contributed by atoms with Crippen molar-refractivity contribution in [1.82, 2.24) is 0 Å². The fourth-order valence-electron chi connectivity index (χ4n) is 4.41. The lowest BCUT2D eigenvalue weighted by atomic mass is 9.66. The monoisotopic (exact) mass is 306 g/mol. The molecular weight excluding hydrogens is 272 g/mol. The Kier molecular flexibility index (Phi) is 5.23. The van der Waals surface area contributed by atoms with E-state index < -0.39 is 11.2 Å². The highest BCUT2D eigenvalue weighted by molar-refractivity contribution is 5.12. The molecule has 2 aliphatic rings. The number of aliphatic hydroxyl groups is 2. The normalized spacial score (nSPS) is 33.0. The average molecular weight is 306 g/mol. The third kappa shape index (κ3) is 4.23. The Labute approximate surface area is 136 Å². The first kappa shape index (κ1) is 17.7. The molecule has 2 N–H and O–H groups in total. The van der Waals surface area contributed by atoms with Gasteiger partial charge >= 0.3 is 0 Å². The largest absolute Gasteiger partial charge is 0.390 e. The maximum atomic E-state index is 11.1. The molecule has 2 heteroatoms. The molecule has 0 heterocycles. The summed E-state index contributed by atoms with van der Waals surface area (Å²) in [5.74, 6) is 0.855. The smallest absolute Gasteiger partial charge is 0.0656 e. The van der Waals surface area contributed by atoms with Crippen LogP contribution in [0, 0.1) is 17.8 Å². The zero-order chi connectivity index (χ0) is 16.5. The lowest BCUT2D eigenvalue weighted by Crippen LogP contribution is -2.43. The van der Waals surface area contributed by atoms with E-state index in [0.717, 1.165) is 38.5 Å². The molecule has 0 saturated heterocycles. The summed E-state index contributed by atoms with van der Waals surface area (Å²) in [5, 5.41) is 21.6. The Morgan fingerprint density at radius 2 is 1.68 bits per heavy atom. The maximum Gasteiger partial charge on any atom is 0.0656 e. The highest BCUT2D eigenvalue weighted by Gasteiger charge is 2.41. The zero-order valence-corrected chi connectivity index (χ0v) is 15.0. The second-order valence-electron chi connectivity index (χ2n) is 8.56. The van der Waals surface area contributed by atoms with Gasteiger partial charge in [0.05, 0.1) is 11.2 Å². The SMILES string of the molecule is CC1=CC(CC(C)(O)C2CC=C(C)CC2)C(C(C)(C)O)CC1. The molecule has 4 atom stereocenters. The lowest BCUT2D eigenvalue weighted by Gasteiger charge is -2.43. The van der Waals surface area contributed by atoms with Crippen molar-refractivity contribution in [2.45, 2.75) is 84.3 Å². The second-order valence-corrected chi connectivity index (χ2v) is 8.56. The minimum Gasteiger partial charge on any atom is -0.390 e. The minimum absolute atomic E-state index is 0.239. The molecule has 0 amide bonds. The fraction of sp³-hybridized carbons (Fsp3) is 0.800. The molecule has 2 nitrogen and oxygen atoms in total. The summed E-state index contributed by atoms with van der Waals surface area (Å²) in [4.78, 5) is 0. The highest BCUT2D eigenvalue weighted by atomic mass is 16.3. The van der Waals surface area contributed by atoms with Crippen LogP contribution in [-0.4, -0.2) is 21.4 Å². The van der Waals surface area contributed by atoms with Gasteiger partial charge in [-0.25, -0.2) is 0 Å². The van der Waals surface area contributed by atoms with Crippen molar-refractivity contribution in [3.05, 3.63) is 23.3 Å². The summed E-state index contributed by atoms with van der Waals surface area (Å²) >= 11 is 0. The third-order valence-corrected chi connectivity index (χ3v) is 5.94. The van der Waals surface area contributed by atoms with Gasteiger partial charge in [-0.3, -0.25) is 0 Å². The van der Waals surface area contributed by atoms with Gasteiger partial charge in [-0.05, 0) is 90.9 Å². The van der Waals surface area contributed by atoms with Crippen LogP contribution in [0.25, 0.3) is 0 Å². The molecule has 0 saturated carbocycles. The van der Waals surface area contributed by atoms with E-state index in [0.29, 0.717) is 5.92 Å². The molecule has 0 aromatic rings. The second kappa shape index (κ2) is 6.49. The summed E-state index contributed by atoms with van der Waals surface area (Å²) in [5.41, 5.74) is 1.52. The van der Waals surface area contributed by atoms with Crippen LogP contribution in [0.1, 0.15) is 73.1 Å². The van der Waals surface area contributed by atoms with Crippen LogP contribution in [-0.2, 0) is 0 Å². The van der Waals surface area contributed by atoms with Crippen LogP contribution < -0.4 is 0 Å². The highest BCUT2D eigenvalue weighted by Crippen LogP contribution is 2.43. The van der Waals surface area contributed by atoms with E-state index in [9.17, 15) is 10.2 Å². The first-order valence-corrected chi connectivity index (χ1v) is 8.87. The molecule has 22 heavy (non-hydrogen) atoms. The molecule has 0 spiro atoms. The Morgan fingerprint density at radius 3 is 2.23 bits per heavy atom. The first-order valence-electron chi connectivity index (χ1n) is 8.87. The van der Waals surface area contributed by atoms with E-state index in [2.05, 4.69) is 26.0 Å². The Balaban J connectivity index is 2.13. The molecule has 0 bridgehead atoms. The van der Waals surface area contributed by atoms with Gasteiger partial charge in [-0.15, -0.1) is 0 Å². The van der Waals surface area contributed by atoms with Gasteiger partial charge in [-0.1, -0.05) is 23.3 Å². The molecule has 4 unspecified atom stereocenters. The van der Waals surface area contributed by atoms with Gasteiger partial charge in [0.1, 0.15) is 0 Å². The number of hydrogen-bond donors (Lipinski definition) is 2. The molecule has 0 fully saturated rings. The molecule has 126 valence electrons. The lowest BCUT2D eigenvalue weighted by molar-refractivity contribution is -0.0574. The van der Waals surface area contributed by atoms with Crippen molar-refractivity contribution in [2.24, 2.45) is 17.8 Å². The van der Waals surface area contributed by atoms with Crippen molar-refractivity contribution in [3.8, 4) is 0 Å². The Morgan fingerprint density at radius 1 is 1.05 bits per heavy atom. The van der Waals surface area contributed by atoms with E-state index in [1.807, 2.05) is 20.8 Å². The fourth-order valence-corrected chi connectivity index (χ4v) is 4.41. The average Bonchev–Trinajstić information content (AvgIpc) is 2.37. The van der Waals surface area contributed by atoms with Crippen molar-refractivity contribution >= 4 is 0 Å². The zero-order valence-electron chi connectivity index (χ0n) is 15.0. The van der Waals surface area contributed by atoms with Crippen LogP contribution in [0.2, 0.25) is 0 Å². The molecule has 0 aromatic carbocycles. The van der Waals surface area contributed by atoms with Crippen molar-refractivity contribution in [2.75, 3.05) is 0 Å². The van der Waals surface area contributed by atoms with Gasteiger partial charge in [0.15, 0.2) is 0 Å². The first-order chi connectivity index (χ1) is 10.1. The van der Waals surface area contributed by atoms with E-state index in [1.165, 1.54) is 11.1 Å². The Bertz CT molecular complexity index is 451. The van der Waals surface area contributed by atoms with Gasteiger partial charge in [0.25, 0.3) is 0 Å². The van der Waals surface area contributed by atoms with Crippen LogP contribution in [0.3, 0.4) is 0 Å². The maximum absolute atomic E-state index is 11.1. The van der Waals surface area contributed by atoms with Gasteiger partial charge in [0.2, 0.25) is 0 Å². The van der Waals surface area contributed by atoms with E-state index in [-0.39, 0.29) is 11.8 Å². The van der Waals surface area contributed by atoms with E-state index in [1.54, 1.807) is 0 Å². The number of allylic oxidation sites excluding steroid dienone is 4. The summed E-state index contributed by atoms with van der Waals surface area (Å²) in [6.45, 7) is 10.2. The molecular formula is C20H34O2. The predicted molar refractivity (Wildman–Crippen MR) is 92.6 cm³/mol. The summed E-state index contributed by atoms with van der Waals surface area (Å²) in [6.07, 6.45) is 10.6. The van der Waals surface area contributed by atoms with E-state index >= 15 is 0 Å². The standard InChI is InChI=1S/C20H34O2/c1-14-6-9-17(10-7-14)20(5,22)13-16-12-15(2)8-11-18(16)19(3,4)21/h6,12,16-18,21-22H,7-11,13H2,1-5H3.